The molecular weight excluding hydrogens is 404 g/mol. The number of hydrogen-bond donors (Lipinski definition) is 1. The van der Waals surface area contributed by atoms with Gasteiger partial charge in [0.2, 0.25) is 0 Å². The van der Waals surface area contributed by atoms with E-state index in [9.17, 15) is 10.1 Å². The van der Waals surface area contributed by atoms with Crippen LogP contribution in [0.1, 0.15) is 42.4 Å². The Kier molecular flexibility index (Phi) is 4.76. The summed E-state index contributed by atoms with van der Waals surface area (Å²) in [5.41, 5.74) is 8.77. The standard InChI is InChI=1S/C22H21ClN4OS/c1-12-6-7-17(29-12)18-13(11-24)21(25)27(14-5-4-8-26-20(14)23)15-9-22(2,3)10-16(28)19(15)18/h4-8,18H,9-10,25H2,1-3H3. The van der Waals surface area contributed by atoms with Crippen molar-refractivity contribution >= 4 is 34.4 Å². The minimum absolute atomic E-state index is 0.0533. The first-order chi connectivity index (χ1) is 13.7. The van der Waals surface area contributed by atoms with E-state index in [0.29, 0.717) is 35.5 Å². The maximum Gasteiger partial charge on any atom is 0.162 e. The number of carbonyl (C=O) groups excluding carboxylic acids is 1. The molecule has 0 saturated carbocycles. The molecule has 0 aromatic carbocycles. The van der Waals surface area contributed by atoms with E-state index in [1.807, 2.05) is 25.1 Å². The third-order valence-corrected chi connectivity index (χ3v) is 6.76. The van der Waals surface area contributed by atoms with Crippen LogP contribution >= 0.6 is 22.9 Å². The van der Waals surface area contributed by atoms with Crippen LogP contribution in [0.25, 0.3) is 0 Å². The number of rotatable bonds is 2. The summed E-state index contributed by atoms with van der Waals surface area (Å²) in [4.78, 5) is 21.4. The number of ketones is 1. The molecule has 148 valence electrons. The van der Waals surface area contributed by atoms with Gasteiger partial charge in [-0.05, 0) is 43.0 Å². The molecule has 0 fully saturated rings. The Morgan fingerprint density at radius 1 is 1.34 bits per heavy atom. The summed E-state index contributed by atoms with van der Waals surface area (Å²) in [6, 6.07) is 9.85. The maximum atomic E-state index is 13.4. The van der Waals surface area contributed by atoms with Gasteiger partial charge in [-0.1, -0.05) is 25.4 Å². The highest BCUT2D eigenvalue weighted by atomic mass is 35.5. The second-order valence-corrected chi connectivity index (χ2v) is 9.92. The van der Waals surface area contributed by atoms with Crippen LogP contribution in [0, 0.1) is 23.7 Å². The van der Waals surface area contributed by atoms with Crippen LogP contribution < -0.4 is 10.6 Å². The lowest BCUT2D eigenvalue weighted by atomic mass is 9.69. The topological polar surface area (TPSA) is 83.0 Å². The first-order valence-electron chi connectivity index (χ1n) is 9.36. The van der Waals surface area contributed by atoms with Gasteiger partial charge in [0.15, 0.2) is 10.9 Å². The number of nitrogens with two attached hydrogens (primary N) is 1. The molecule has 7 heteroatoms. The summed E-state index contributed by atoms with van der Waals surface area (Å²) < 4.78 is 0. The summed E-state index contributed by atoms with van der Waals surface area (Å²) in [5.74, 6) is -0.0794. The molecule has 1 aliphatic heterocycles. The molecule has 3 heterocycles. The number of thiophene rings is 1. The summed E-state index contributed by atoms with van der Waals surface area (Å²) >= 11 is 7.98. The zero-order valence-electron chi connectivity index (χ0n) is 16.5. The molecule has 2 aromatic heterocycles. The highest BCUT2D eigenvalue weighted by Crippen LogP contribution is 2.51. The molecule has 0 radical (unpaired) electrons. The van der Waals surface area contributed by atoms with E-state index in [2.05, 4.69) is 24.9 Å². The highest BCUT2D eigenvalue weighted by Gasteiger charge is 2.45. The van der Waals surface area contributed by atoms with Crippen molar-refractivity contribution in [1.29, 1.82) is 5.26 Å². The lowest BCUT2D eigenvalue weighted by molar-refractivity contribution is -0.118. The van der Waals surface area contributed by atoms with Crippen LogP contribution in [-0.2, 0) is 4.79 Å². The summed E-state index contributed by atoms with van der Waals surface area (Å²) in [6.45, 7) is 6.16. The number of aromatic nitrogens is 1. The SMILES string of the molecule is Cc1ccc(C2C(C#N)=C(N)N(c3cccnc3Cl)C3=C2C(=O)CC(C)(C)C3)s1. The smallest absolute Gasteiger partial charge is 0.162 e. The van der Waals surface area contributed by atoms with Gasteiger partial charge >= 0.3 is 0 Å². The van der Waals surface area contributed by atoms with Crippen molar-refractivity contribution in [3.63, 3.8) is 0 Å². The third kappa shape index (κ3) is 3.25. The number of nitriles is 1. The molecule has 0 amide bonds. The van der Waals surface area contributed by atoms with Crippen molar-refractivity contribution < 1.29 is 4.79 Å². The second kappa shape index (κ2) is 7.01. The first kappa shape index (κ1) is 19.7. The third-order valence-electron chi connectivity index (χ3n) is 5.41. The maximum absolute atomic E-state index is 13.4. The van der Waals surface area contributed by atoms with E-state index in [-0.39, 0.29) is 16.4 Å². The predicted octanol–water partition coefficient (Wildman–Crippen LogP) is 5.05. The van der Waals surface area contributed by atoms with Gasteiger partial charge in [0.1, 0.15) is 5.82 Å². The molecule has 1 aliphatic carbocycles. The van der Waals surface area contributed by atoms with Crippen molar-refractivity contribution in [2.75, 3.05) is 4.90 Å². The van der Waals surface area contributed by atoms with Gasteiger partial charge in [0.25, 0.3) is 0 Å². The molecule has 0 spiro atoms. The number of aryl methyl sites for hydroxylation is 1. The Labute approximate surface area is 179 Å². The number of Topliss-reactive ketones (excluding diaryl/α,β-unsaturated/α-hetero) is 1. The average molecular weight is 425 g/mol. The van der Waals surface area contributed by atoms with E-state index in [0.717, 1.165) is 15.5 Å². The minimum atomic E-state index is -0.441. The van der Waals surface area contributed by atoms with Crippen molar-refractivity contribution in [3.05, 3.63) is 68.0 Å². The molecule has 1 atom stereocenters. The molecule has 29 heavy (non-hydrogen) atoms. The van der Waals surface area contributed by atoms with E-state index in [1.165, 1.54) is 0 Å². The van der Waals surface area contributed by atoms with Gasteiger partial charge in [0.05, 0.1) is 23.2 Å². The molecule has 1 unspecified atom stereocenters. The largest absolute Gasteiger partial charge is 0.384 e. The zero-order valence-corrected chi connectivity index (χ0v) is 18.1. The zero-order chi connectivity index (χ0) is 20.9. The number of pyridine rings is 1. The molecule has 2 aliphatic rings. The van der Waals surface area contributed by atoms with Gasteiger partial charge in [0, 0.05) is 33.6 Å². The van der Waals surface area contributed by atoms with Crippen molar-refractivity contribution in [2.24, 2.45) is 11.1 Å². The summed E-state index contributed by atoms with van der Waals surface area (Å²) in [6.07, 6.45) is 2.68. The van der Waals surface area contributed by atoms with Gasteiger partial charge < -0.3 is 5.73 Å². The number of allylic oxidation sites excluding steroid dienone is 3. The molecule has 0 bridgehead atoms. The van der Waals surface area contributed by atoms with Gasteiger partial charge in [-0.25, -0.2) is 4.98 Å². The summed E-state index contributed by atoms with van der Waals surface area (Å²) in [5, 5.41) is 10.3. The normalized spacial score (nSPS) is 21.3. The Morgan fingerprint density at radius 2 is 2.10 bits per heavy atom. The Balaban J connectivity index is 2.02. The fourth-order valence-electron chi connectivity index (χ4n) is 4.22. The number of nitrogens with zero attached hydrogens (tertiary/aromatic N) is 3. The molecular formula is C22H21ClN4OS. The Hall–Kier alpha value is -2.62. The molecule has 0 saturated heterocycles. The Bertz CT molecular complexity index is 1120. The van der Waals surface area contributed by atoms with Crippen molar-refractivity contribution in [1.82, 2.24) is 4.98 Å². The second-order valence-electron chi connectivity index (χ2n) is 8.24. The first-order valence-corrected chi connectivity index (χ1v) is 10.6. The van der Waals surface area contributed by atoms with Gasteiger partial charge in [-0.3, -0.25) is 9.69 Å². The van der Waals surface area contributed by atoms with Crippen LogP contribution in [0.15, 0.2) is 53.1 Å². The van der Waals surface area contributed by atoms with Gasteiger partial charge in [-0.15, -0.1) is 11.3 Å². The summed E-state index contributed by atoms with van der Waals surface area (Å²) in [7, 11) is 0. The van der Waals surface area contributed by atoms with Crippen molar-refractivity contribution in [3.8, 4) is 6.07 Å². The molecule has 5 nitrogen and oxygen atoms in total. The predicted molar refractivity (Wildman–Crippen MR) is 115 cm³/mol. The fraction of sp³-hybridized carbons (Fsp3) is 0.318. The van der Waals surface area contributed by atoms with Crippen LogP contribution in [0.4, 0.5) is 5.69 Å². The molecule has 4 rings (SSSR count). The van der Waals surface area contributed by atoms with E-state index >= 15 is 0 Å². The highest BCUT2D eigenvalue weighted by molar-refractivity contribution is 7.12. The number of anilines is 1. The lowest BCUT2D eigenvalue weighted by Crippen LogP contribution is -2.42. The Morgan fingerprint density at radius 3 is 2.72 bits per heavy atom. The molecule has 2 aromatic rings. The van der Waals surface area contributed by atoms with Crippen molar-refractivity contribution in [2.45, 2.75) is 39.5 Å². The minimum Gasteiger partial charge on any atom is -0.384 e. The van der Waals surface area contributed by atoms with Gasteiger partial charge in [-0.2, -0.15) is 5.26 Å². The van der Waals surface area contributed by atoms with E-state index in [4.69, 9.17) is 17.3 Å². The van der Waals surface area contributed by atoms with Crippen LogP contribution in [0.5, 0.6) is 0 Å². The van der Waals surface area contributed by atoms with E-state index < -0.39 is 5.92 Å². The average Bonchev–Trinajstić information content (AvgIpc) is 3.07. The van der Waals surface area contributed by atoms with Crippen LogP contribution in [0.3, 0.4) is 0 Å². The van der Waals surface area contributed by atoms with Crippen LogP contribution in [0.2, 0.25) is 5.15 Å². The number of halogens is 1. The molecule has 2 N–H and O–H groups in total. The fourth-order valence-corrected chi connectivity index (χ4v) is 5.42. The number of hydrogen-bond acceptors (Lipinski definition) is 6. The quantitative estimate of drug-likeness (QED) is 0.682. The monoisotopic (exact) mass is 424 g/mol. The van der Waals surface area contributed by atoms with Crippen LogP contribution in [-0.4, -0.2) is 10.8 Å². The van der Waals surface area contributed by atoms with E-state index in [1.54, 1.807) is 28.5 Å². The lowest BCUT2D eigenvalue weighted by Gasteiger charge is -2.43. The number of carbonyl (C=O) groups is 1.